The summed E-state index contributed by atoms with van der Waals surface area (Å²) in [6.45, 7) is 1.71. The minimum atomic E-state index is -4.11. The molecule has 84 valence electrons. The van der Waals surface area contributed by atoms with Crippen molar-refractivity contribution in [3.8, 4) is 0 Å². The molecular weight excluding hydrogens is 253 g/mol. The van der Waals surface area contributed by atoms with Crippen LogP contribution >= 0.6 is 10.7 Å². The highest BCUT2D eigenvalue weighted by molar-refractivity contribution is 8.14. The number of nitrogens with zero attached hydrogens (tertiary/aromatic N) is 1. The molecule has 2 rings (SSSR count). The van der Waals surface area contributed by atoms with Gasteiger partial charge in [-0.05, 0) is 25.1 Å². The van der Waals surface area contributed by atoms with Crippen LogP contribution in [0.5, 0.6) is 0 Å². The molecule has 3 nitrogen and oxygen atoms in total. The number of halogens is 2. The molecule has 0 aliphatic rings. The van der Waals surface area contributed by atoms with Gasteiger partial charge in [0.25, 0.3) is 9.05 Å². The van der Waals surface area contributed by atoms with E-state index in [2.05, 4.69) is 4.98 Å². The van der Waals surface area contributed by atoms with E-state index in [1.165, 1.54) is 18.3 Å². The fourth-order valence-electron chi connectivity index (χ4n) is 1.59. The molecule has 0 aliphatic carbocycles. The van der Waals surface area contributed by atoms with Gasteiger partial charge in [0.2, 0.25) is 0 Å². The number of benzene rings is 1. The molecule has 0 spiro atoms. The van der Waals surface area contributed by atoms with Crippen LogP contribution in [0.1, 0.15) is 5.69 Å². The van der Waals surface area contributed by atoms with Crippen LogP contribution in [-0.2, 0) is 9.05 Å². The predicted octanol–water partition coefficient (Wildman–Crippen LogP) is 2.61. The van der Waals surface area contributed by atoms with E-state index >= 15 is 0 Å². The lowest BCUT2D eigenvalue weighted by atomic mass is 10.1. The van der Waals surface area contributed by atoms with E-state index in [-0.39, 0.29) is 5.39 Å². The van der Waals surface area contributed by atoms with Gasteiger partial charge in [0.05, 0.1) is 0 Å². The van der Waals surface area contributed by atoms with Crippen molar-refractivity contribution >= 4 is 30.5 Å². The first-order valence-corrected chi connectivity index (χ1v) is 6.70. The summed E-state index contributed by atoms with van der Waals surface area (Å²) in [5.41, 5.74) is 0.624. The Morgan fingerprint density at radius 2 is 1.94 bits per heavy atom. The fourth-order valence-corrected chi connectivity index (χ4v) is 2.81. The van der Waals surface area contributed by atoms with E-state index in [0.717, 1.165) is 6.07 Å². The first kappa shape index (κ1) is 11.3. The quantitative estimate of drug-likeness (QED) is 0.740. The fraction of sp³-hybridized carbons (Fsp3) is 0.100. The summed E-state index contributed by atoms with van der Waals surface area (Å²) in [6, 6.07) is 3.99. The molecule has 0 fully saturated rings. The Morgan fingerprint density at radius 1 is 1.25 bits per heavy atom. The minimum Gasteiger partial charge on any atom is -0.261 e. The SMILES string of the molecule is Cc1nccc2c(S(=O)(=O)Cl)c(F)ccc12. The highest BCUT2D eigenvalue weighted by atomic mass is 35.7. The van der Waals surface area contributed by atoms with Gasteiger partial charge in [-0.15, -0.1) is 0 Å². The van der Waals surface area contributed by atoms with Gasteiger partial charge in [0.1, 0.15) is 10.7 Å². The Kier molecular flexibility index (Phi) is 2.59. The second kappa shape index (κ2) is 3.68. The molecule has 1 aromatic heterocycles. The third kappa shape index (κ3) is 1.76. The predicted molar refractivity (Wildman–Crippen MR) is 59.5 cm³/mol. The molecule has 0 radical (unpaired) electrons. The van der Waals surface area contributed by atoms with Gasteiger partial charge in [-0.3, -0.25) is 4.98 Å². The van der Waals surface area contributed by atoms with Crippen LogP contribution in [0.2, 0.25) is 0 Å². The first-order chi connectivity index (χ1) is 7.41. The highest BCUT2D eigenvalue weighted by Crippen LogP contribution is 2.29. The minimum absolute atomic E-state index is 0.252. The Hall–Kier alpha value is -1.20. The molecule has 0 saturated carbocycles. The molecule has 0 unspecified atom stereocenters. The third-order valence-corrected chi connectivity index (χ3v) is 3.66. The maximum atomic E-state index is 13.5. The zero-order chi connectivity index (χ0) is 11.9. The summed E-state index contributed by atoms with van der Waals surface area (Å²) in [4.78, 5) is 3.51. The van der Waals surface area contributed by atoms with Crippen molar-refractivity contribution in [1.29, 1.82) is 0 Å². The smallest absolute Gasteiger partial charge is 0.261 e. The first-order valence-electron chi connectivity index (χ1n) is 4.40. The zero-order valence-electron chi connectivity index (χ0n) is 8.24. The zero-order valence-corrected chi connectivity index (χ0v) is 9.81. The van der Waals surface area contributed by atoms with Crippen molar-refractivity contribution in [2.24, 2.45) is 0 Å². The van der Waals surface area contributed by atoms with Gasteiger partial charge in [-0.2, -0.15) is 0 Å². The Bertz CT molecular complexity index is 670. The second-order valence-corrected chi connectivity index (χ2v) is 5.81. The molecule has 0 saturated heterocycles. The summed E-state index contributed by atoms with van der Waals surface area (Å²) in [6.07, 6.45) is 1.42. The number of aromatic nitrogens is 1. The summed E-state index contributed by atoms with van der Waals surface area (Å²) in [5.74, 6) is -0.854. The van der Waals surface area contributed by atoms with E-state index in [9.17, 15) is 12.8 Å². The number of rotatable bonds is 1. The molecule has 0 aliphatic heterocycles. The van der Waals surface area contributed by atoms with Gasteiger partial charge in [0, 0.05) is 33.3 Å². The van der Waals surface area contributed by atoms with E-state index < -0.39 is 19.8 Å². The van der Waals surface area contributed by atoms with Crippen LogP contribution < -0.4 is 0 Å². The van der Waals surface area contributed by atoms with Crippen LogP contribution in [-0.4, -0.2) is 13.4 Å². The van der Waals surface area contributed by atoms with Crippen LogP contribution in [0.25, 0.3) is 10.8 Å². The molecule has 1 aromatic carbocycles. The topological polar surface area (TPSA) is 47.0 Å². The largest absolute Gasteiger partial charge is 0.264 e. The highest BCUT2D eigenvalue weighted by Gasteiger charge is 2.20. The lowest BCUT2D eigenvalue weighted by molar-refractivity contribution is 0.579. The van der Waals surface area contributed by atoms with Crippen LogP contribution in [0, 0.1) is 12.7 Å². The van der Waals surface area contributed by atoms with Crippen molar-refractivity contribution in [2.75, 3.05) is 0 Å². The number of hydrogen-bond donors (Lipinski definition) is 0. The van der Waals surface area contributed by atoms with Gasteiger partial charge >= 0.3 is 0 Å². The maximum absolute atomic E-state index is 13.5. The summed E-state index contributed by atoms with van der Waals surface area (Å²) in [5, 5.41) is 0.825. The van der Waals surface area contributed by atoms with Gasteiger partial charge in [-0.1, -0.05) is 0 Å². The molecule has 6 heteroatoms. The van der Waals surface area contributed by atoms with Crippen molar-refractivity contribution in [1.82, 2.24) is 4.98 Å². The molecule has 0 amide bonds. The number of hydrogen-bond acceptors (Lipinski definition) is 3. The molecule has 0 atom stereocenters. The molecule has 0 N–H and O–H groups in total. The summed E-state index contributed by atoms with van der Waals surface area (Å²) >= 11 is 0. The number of aryl methyl sites for hydroxylation is 1. The Balaban J connectivity index is 3.03. The number of pyridine rings is 1. The summed E-state index contributed by atoms with van der Waals surface area (Å²) < 4.78 is 36.0. The third-order valence-electron chi connectivity index (χ3n) is 2.29. The Morgan fingerprint density at radius 3 is 2.56 bits per heavy atom. The van der Waals surface area contributed by atoms with Crippen LogP contribution in [0.4, 0.5) is 4.39 Å². The van der Waals surface area contributed by atoms with Crippen LogP contribution in [0.3, 0.4) is 0 Å². The summed E-state index contributed by atoms with van der Waals surface area (Å²) in [7, 11) is 1.10. The average molecular weight is 260 g/mol. The van der Waals surface area contributed by atoms with Crippen molar-refractivity contribution in [2.45, 2.75) is 11.8 Å². The lowest BCUT2D eigenvalue weighted by Crippen LogP contribution is -1.98. The molecule has 1 heterocycles. The molecular formula is C10H7ClFNO2S. The van der Waals surface area contributed by atoms with Crippen molar-refractivity contribution in [3.63, 3.8) is 0 Å². The van der Waals surface area contributed by atoms with Gasteiger partial charge in [-0.25, -0.2) is 12.8 Å². The lowest BCUT2D eigenvalue weighted by Gasteiger charge is -2.06. The standard InChI is InChI=1S/C10H7ClFNO2S/c1-6-7-2-3-9(12)10(16(11,14)15)8(7)4-5-13-6/h2-5H,1H3. The van der Waals surface area contributed by atoms with Crippen molar-refractivity contribution in [3.05, 3.63) is 35.9 Å². The Labute approximate surface area is 96.3 Å². The molecule has 0 bridgehead atoms. The monoisotopic (exact) mass is 259 g/mol. The van der Waals surface area contributed by atoms with E-state index in [0.29, 0.717) is 11.1 Å². The normalized spacial score (nSPS) is 11.9. The maximum Gasteiger partial charge on any atom is 0.264 e. The van der Waals surface area contributed by atoms with E-state index in [1.807, 2.05) is 0 Å². The molecule has 16 heavy (non-hydrogen) atoms. The molecule has 2 aromatic rings. The van der Waals surface area contributed by atoms with Gasteiger partial charge in [0.15, 0.2) is 0 Å². The van der Waals surface area contributed by atoms with Crippen molar-refractivity contribution < 1.29 is 12.8 Å². The number of fused-ring (bicyclic) bond motifs is 1. The average Bonchev–Trinajstić information content (AvgIpc) is 2.15. The van der Waals surface area contributed by atoms with E-state index in [4.69, 9.17) is 10.7 Å². The van der Waals surface area contributed by atoms with Gasteiger partial charge < -0.3 is 0 Å². The van der Waals surface area contributed by atoms with E-state index in [1.54, 1.807) is 6.92 Å². The second-order valence-electron chi connectivity index (χ2n) is 3.31. The van der Waals surface area contributed by atoms with Crippen LogP contribution in [0.15, 0.2) is 29.3 Å².